The fourth-order valence-electron chi connectivity index (χ4n) is 3.59. The molecule has 0 heterocycles. The lowest BCUT2D eigenvalue weighted by molar-refractivity contribution is -0.121. The summed E-state index contributed by atoms with van der Waals surface area (Å²) in [6.07, 6.45) is 8.73. The van der Waals surface area contributed by atoms with Crippen molar-refractivity contribution in [2.75, 3.05) is 12.8 Å². The zero-order valence-corrected chi connectivity index (χ0v) is 20.7. The monoisotopic (exact) mass is 451 g/mol. The van der Waals surface area contributed by atoms with E-state index in [4.69, 9.17) is 21.7 Å². The number of aryl methyl sites for hydroxylation is 1. The number of benzene rings is 2. The Kier molecular flexibility index (Phi) is 15.0. The number of nitrogen functional groups attached to an aromatic ring is 1. The maximum Gasteiger partial charge on any atom is 0.132 e. The number of anilines is 1. The topological polar surface area (TPSA) is 111 Å². The summed E-state index contributed by atoms with van der Waals surface area (Å²) in [5, 5.41) is 23.3. The van der Waals surface area contributed by atoms with Crippen molar-refractivity contribution in [3.63, 3.8) is 0 Å². The number of carbonyl (C=O) groups is 1. The molecule has 0 spiro atoms. The molecular weight excluding hydrogens is 410 g/mol. The van der Waals surface area contributed by atoms with Crippen molar-refractivity contribution in [3.05, 3.63) is 67.3 Å². The normalized spacial score (nSPS) is 16.8. The minimum Gasteiger partial charge on any atom is -0.400 e. The third-order valence-electron chi connectivity index (χ3n) is 5.71. The van der Waals surface area contributed by atoms with Crippen LogP contribution >= 0.6 is 0 Å². The van der Waals surface area contributed by atoms with Crippen molar-refractivity contribution in [1.82, 2.24) is 0 Å². The fraction of sp³-hybridized carbons (Fsp3) is 0.393. The van der Waals surface area contributed by atoms with E-state index in [-0.39, 0.29) is 11.4 Å². The van der Waals surface area contributed by atoms with Gasteiger partial charge in [0, 0.05) is 24.1 Å². The van der Waals surface area contributed by atoms with Crippen LogP contribution in [-0.2, 0) is 4.79 Å². The number of rotatable bonds is 4. The molecule has 0 amide bonds. The van der Waals surface area contributed by atoms with E-state index in [1.54, 1.807) is 6.92 Å². The Bertz CT molecular complexity index is 875. The molecule has 180 valence electrons. The van der Waals surface area contributed by atoms with E-state index in [0.29, 0.717) is 11.7 Å². The largest absolute Gasteiger partial charge is 0.400 e. The van der Waals surface area contributed by atoms with Crippen molar-refractivity contribution in [3.8, 4) is 0 Å². The molecule has 1 aliphatic rings. The van der Waals surface area contributed by atoms with Gasteiger partial charge in [0.05, 0.1) is 11.4 Å². The third-order valence-corrected chi connectivity index (χ3v) is 5.71. The number of nitrogens with two attached hydrogens (primary N) is 1. The van der Waals surface area contributed by atoms with Crippen molar-refractivity contribution >= 4 is 33.7 Å². The first-order chi connectivity index (χ1) is 15.7. The van der Waals surface area contributed by atoms with Gasteiger partial charge in [-0.2, -0.15) is 0 Å². The number of carbonyl (C=O) groups excluding carboxylic acids is 1. The van der Waals surface area contributed by atoms with Gasteiger partial charge < -0.3 is 10.8 Å². The fourth-order valence-corrected chi connectivity index (χ4v) is 3.59. The average Bonchev–Trinajstić information content (AvgIpc) is 3.07. The van der Waals surface area contributed by atoms with Crippen LogP contribution in [0.25, 0.3) is 10.8 Å². The molecule has 5 nitrogen and oxygen atoms in total. The number of hydrogen-bond donors (Lipinski definition) is 4. The summed E-state index contributed by atoms with van der Waals surface area (Å²) in [6, 6.07) is 12.2. The maximum atomic E-state index is 11.1. The lowest BCUT2D eigenvalue weighted by atomic mass is 9.96. The number of aliphatic hydroxyl groups excluding tert-OH is 1. The first-order valence-corrected chi connectivity index (χ1v) is 11.3. The molecule has 0 aliphatic heterocycles. The number of ketones is 1. The second kappa shape index (κ2) is 16.6. The van der Waals surface area contributed by atoms with Gasteiger partial charge in [-0.1, -0.05) is 69.7 Å². The quantitative estimate of drug-likeness (QED) is 0.241. The van der Waals surface area contributed by atoms with Crippen LogP contribution in [0, 0.1) is 29.6 Å². The van der Waals surface area contributed by atoms with Gasteiger partial charge in [-0.15, -0.1) is 0 Å². The number of nitrogens with one attached hydrogen (secondary N) is 2. The van der Waals surface area contributed by atoms with Crippen LogP contribution in [0.1, 0.15) is 51.5 Å². The summed E-state index contributed by atoms with van der Waals surface area (Å²) in [6.45, 7) is 12.8. The molecule has 1 fully saturated rings. The van der Waals surface area contributed by atoms with Gasteiger partial charge in [-0.25, -0.2) is 0 Å². The van der Waals surface area contributed by atoms with E-state index in [0.717, 1.165) is 36.9 Å². The van der Waals surface area contributed by atoms with Crippen molar-refractivity contribution in [2.24, 2.45) is 11.8 Å². The number of aliphatic hydroxyl groups is 1. The molecule has 2 aromatic rings. The molecule has 5 N–H and O–H groups in total. The Morgan fingerprint density at radius 1 is 0.970 bits per heavy atom. The molecule has 33 heavy (non-hydrogen) atoms. The Morgan fingerprint density at radius 3 is 2.00 bits per heavy atom. The van der Waals surface area contributed by atoms with E-state index in [2.05, 4.69) is 45.2 Å². The molecule has 1 saturated carbocycles. The lowest BCUT2D eigenvalue weighted by Gasteiger charge is -2.08. The maximum absolute atomic E-state index is 11.1. The summed E-state index contributed by atoms with van der Waals surface area (Å²) < 4.78 is 0. The molecule has 5 heteroatoms. The molecule has 0 radical (unpaired) electrons. The summed E-state index contributed by atoms with van der Waals surface area (Å²) in [4.78, 5) is 11.1. The van der Waals surface area contributed by atoms with Crippen LogP contribution in [0.3, 0.4) is 0 Å². The van der Waals surface area contributed by atoms with Crippen LogP contribution in [-0.4, -0.2) is 29.4 Å². The van der Waals surface area contributed by atoms with E-state index >= 15 is 0 Å². The molecule has 0 saturated heterocycles. The van der Waals surface area contributed by atoms with Gasteiger partial charge in [0.2, 0.25) is 0 Å². The SMILES string of the molecule is C=CC(=N)C(=N)C=C.CC(=O)C1CCCC(C)CC1.CO.Cc1ccc(N)c2ccccc12. The Balaban J connectivity index is 0.000000458. The molecule has 0 bridgehead atoms. The number of Topliss-reactive ketones (excluding diaryl/α,β-unsaturated/α-hetero) is 1. The van der Waals surface area contributed by atoms with E-state index in [9.17, 15) is 4.79 Å². The Labute approximate surface area is 199 Å². The van der Waals surface area contributed by atoms with Crippen LogP contribution in [0.4, 0.5) is 5.69 Å². The van der Waals surface area contributed by atoms with Gasteiger partial charge in [0.1, 0.15) is 5.78 Å². The minimum atomic E-state index is 0.111. The number of allylic oxidation sites excluding steroid dienone is 2. The number of fused-ring (bicyclic) bond motifs is 1. The van der Waals surface area contributed by atoms with Crippen molar-refractivity contribution in [2.45, 2.75) is 52.9 Å². The second-order valence-electron chi connectivity index (χ2n) is 8.17. The highest BCUT2D eigenvalue weighted by molar-refractivity contribution is 6.47. The van der Waals surface area contributed by atoms with E-state index in [1.165, 1.54) is 42.4 Å². The molecule has 2 unspecified atom stereocenters. The summed E-state index contributed by atoms with van der Waals surface area (Å²) >= 11 is 0. The molecule has 0 aromatic heterocycles. The van der Waals surface area contributed by atoms with Crippen LogP contribution in [0.15, 0.2) is 61.7 Å². The van der Waals surface area contributed by atoms with Crippen LogP contribution < -0.4 is 5.73 Å². The first-order valence-electron chi connectivity index (χ1n) is 11.3. The highest BCUT2D eigenvalue weighted by Crippen LogP contribution is 2.27. The van der Waals surface area contributed by atoms with Crippen LogP contribution in [0.2, 0.25) is 0 Å². The molecule has 3 rings (SSSR count). The summed E-state index contributed by atoms with van der Waals surface area (Å²) in [5.74, 6) is 1.64. The summed E-state index contributed by atoms with van der Waals surface area (Å²) in [5.41, 5.74) is 8.18. The highest BCUT2D eigenvalue weighted by Gasteiger charge is 2.18. The van der Waals surface area contributed by atoms with Crippen molar-refractivity contribution in [1.29, 1.82) is 10.8 Å². The predicted molar refractivity (Wildman–Crippen MR) is 144 cm³/mol. The Hall–Kier alpha value is -3.05. The second-order valence-corrected chi connectivity index (χ2v) is 8.17. The third kappa shape index (κ3) is 10.9. The Morgan fingerprint density at radius 2 is 1.52 bits per heavy atom. The van der Waals surface area contributed by atoms with Gasteiger partial charge >= 0.3 is 0 Å². The zero-order chi connectivity index (χ0) is 25.4. The van der Waals surface area contributed by atoms with Crippen molar-refractivity contribution < 1.29 is 9.90 Å². The van der Waals surface area contributed by atoms with Gasteiger partial charge in [0.25, 0.3) is 0 Å². The number of hydrogen-bond acceptors (Lipinski definition) is 5. The molecular formula is C28H41N3O2. The van der Waals surface area contributed by atoms with E-state index in [1.807, 2.05) is 18.2 Å². The lowest BCUT2D eigenvalue weighted by Crippen LogP contribution is -2.09. The van der Waals surface area contributed by atoms with Gasteiger partial charge in [-0.3, -0.25) is 15.6 Å². The highest BCUT2D eigenvalue weighted by atomic mass is 16.2. The predicted octanol–water partition coefficient (Wildman–Crippen LogP) is 6.53. The summed E-state index contributed by atoms with van der Waals surface area (Å²) in [7, 11) is 1.00. The van der Waals surface area contributed by atoms with Crippen LogP contribution in [0.5, 0.6) is 0 Å². The minimum absolute atomic E-state index is 0.111. The van der Waals surface area contributed by atoms with E-state index < -0.39 is 0 Å². The molecule has 2 atom stereocenters. The standard InChI is InChI=1S/C11H11N.C10H18O.C6H8N2.CH4O/c1-8-6-7-11(12)10-5-3-2-4-9(8)10;1-8-4-3-5-10(7-6-8)9(2)11;1-3-5(7)6(8)4-2;1-2/h2-7H,12H2,1H3;8,10H,3-7H2,1-2H3;3-4,7-8H,1-2H2;2H,1H3. The smallest absolute Gasteiger partial charge is 0.132 e. The molecule has 1 aliphatic carbocycles. The van der Waals surface area contributed by atoms with Gasteiger partial charge in [0.15, 0.2) is 0 Å². The first kappa shape index (κ1) is 29.9. The van der Waals surface area contributed by atoms with Gasteiger partial charge in [-0.05, 0) is 61.8 Å². The molecule has 2 aromatic carbocycles. The zero-order valence-electron chi connectivity index (χ0n) is 20.7. The average molecular weight is 452 g/mol.